The van der Waals surface area contributed by atoms with Crippen molar-refractivity contribution < 1.29 is 9.53 Å². The first kappa shape index (κ1) is 13.0. The molecule has 0 spiro atoms. The van der Waals surface area contributed by atoms with Crippen LogP contribution in [0.3, 0.4) is 0 Å². The van der Waals surface area contributed by atoms with E-state index in [9.17, 15) is 4.79 Å². The monoisotopic (exact) mass is 285 g/mol. The highest BCUT2D eigenvalue weighted by molar-refractivity contribution is 9.09. The van der Waals surface area contributed by atoms with Crippen molar-refractivity contribution in [2.75, 3.05) is 18.5 Å². The zero-order valence-electron chi connectivity index (χ0n) is 9.12. The molecule has 0 atom stereocenters. The molecule has 0 aliphatic heterocycles. The van der Waals surface area contributed by atoms with E-state index < -0.39 is 0 Å². The molecule has 0 unspecified atom stereocenters. The van der Waals surface area contributed by atoms with Crippen LogP contribution in [0.15, 0.2) is 30.3 Å². The molecule has 0 saturated carbocycles. The fourth-order valence-electron chi connectivity index (χ4n) is 1.16. The first-order valence-electron chi connectivity index (χ1n) is 5.33. The summed E-state index contributed by atoms with van der Waals surface area (Å²) in [5, 5.41) is 3.73. The van der Waals surface area contributed by atoms with E-state index in [1.807, 2.05) is 30.3 Å². The Balaban J connectivity index is 2.09. The number of hydrogen-bond donors (Lipinski definition) is 1. The number of rotatable bonds is 7. The van der Waals surface area contributed by atoms with Gasteiger partial charge in [0.1, 0.15) is 5.75 Å². The highest BCUT2D eigenvalue weighted by Gasteiger charge is 2.00. The van der Waals surface area contributed by atoms with Crippen molar-refractivity contribution in [3.8, 4) is 5.75 Å². The topological polar surface area (TPSA) is 38.3 Å². The Labute approximate surface area is 104 Å². The number of alkyl halides is 1. The van der Waals surface area contributed by atoms with Crippen LogP contribution in [0.2, 0.25) is 0 Å². The molecule has 88 valence electrons. The minimum atomic E-state index is 0.0388. The standard InChI is InChI=1S/C12H16BrNO2/c13-8-4-9-14-12(15)7-10-16-11-5-2-1-3-6-11/h1-3,5-6H,4,7-10H2,(H,14,15). The molecule has 1 N–H and O–H groups in total. The molecule has 3 nitrogen and oxygen atoms in total. The van der Waals surface area contributed by atoms with Gasteiger partial charge in [0.15, 0.2) is 0 Å². The lowest BCUT2D eigenvalue weighted by molar-refractivity contribution is -0.121. The molecule has 0 bridgehead atoms. The van der Waals surface area contributed by atoms with Gasteiger partial charge in [-0.1, -0.05) is 34.1 Å². The van der Waals surface area contributed by atoms with E-state index in [4.69, 9.17) is 4.74 Å². The van der Waals surface area contributed by atoms with Crippen molar-refractivity contribution in [1.29, 1.82) is 0 Å². The Kier molecular flexibility index (Phi) is 6.65. The van der Waals surface area contributed by atoms with E-state index in [0.29, 0.717) is 13.0 Å². The van der Waals surface area contributed by atoms with Crippen LogP contribution in [-0.4, -0.2) is 24.4 Å². The maximum Gasteiger partial charge on any atom is 0.223 e. The molecule has 16 heavy (non-hydrogen) atoms. The zero-order valence-corrected chi connectivity index (χ0v) is 10.7. The SMILES string of the molecule is O=C(CCOc1ccccc1)NCCCBr. The van der Waals surface area contributed by atoms with Crippen LogP contribution >= 0.6 is 15.9 Å². The van der Waals surface area contributed by atoms with Gasteiger partial charge in [0.25, 0.3) is 0 Å². The van der Waals surface area contributed by atoms with Crippen molar-refractivity contribution >= 4 is 21.8 Å². The minimum absolute atomic E-state index is 0.0388. The van der Waals surface area contributed by atoms with Crippen molar-refractivity contribution in [2.24, 2.45) is 0 Å². The van der Waals surface area contributed by atoms with E-state index in [-0.39, 0.29) is 5.91 Å². The summed E-state index contributed by atoms with van der Waals surface area (Å²) < 4.78 is 5.41. The predicted octanol–water partition coefficient (Wildman–Crippen LogP) is 2.36. The molecule has 1 rings (SSSR count). The van der Waals surface area contributed by atoms with Gasteiger partial charge in [-0.15, -0.1) is 0 Å². The fourth-order valence-corrected chi connectivity index (χ4v) is 1.44. The average Bonchev–Trinajstić information content (AvgIpc) is 2.31. The summed E-state index contributed by atoms with van der Waals surface area (Å²) in [5.41, 5.74) is 0. The van der Waals surface area contributed by atoms with Crippen LogP contribution in [-0.2, 0) is 4.79 Å². The quantitative estimate of drug-likeness (QED) is 0.617. The fraction of sp³-hybridized carbons (Fsp3) is 0.417. The Hall–Kier alpha value is -1.03. The molecule has 1 aromatic rings. The third-order valence-corrected chi connectivity index (χ3v) is 2.53. The zero-order chi connectivity index (χ0) is 11.6. The van der Waals surface area contributed by atoms with Gasteiger partial charge in [0.05, 0.1) is 13.0 Å². The Bertz CT molecular complexity index is 303. The first-order chi connectivity index (χ1) is 7.83. The van der Waals surface area contributed by atoms with Gasteiger partial charge in [-0.3, -0.25) is 4.79 Å². The van der Waals surface area contributed by atoms with Gasteiger partial charge in [0, 0.05) is 11.9 Å². The van der Waals surface area contributed by atoms with Crippen molar-refractivity contribution in [2.45, 2.75) is 12.8 Å². The van der Waals surface area contributed by atoms with Gasteiger partial charge >= 0.3 is 0 Å². The number of halogens is 1. The van der Waals surface area contributed by atoms with Gasteiger partial charge in [-0.2, -0.15) is 0 Å². The first-order valence-corrected chi connectivity index (χ1v) is 6.45. The molecule has 0 fully saturated rings. The van der Waals surface area contributed by atoms with Gasteiger partial charge in [-0.05, 0) is 18.6 Å². The highest BCUT2D eigenvalue weighted by atomic mass is 79.9. The minimum Gasteiger partial charge on any atom is -0.493 e. The summed E-state index contributed by atoms with van der Waals surface area (Å²) in [5.74, 6) is 0.840. The molecule has 1 aromatic carbocycles. The number of carbonyl (C=O) groups is 1. The highest BCUT2D eigenvalue weighted by Crippen LogP contribution is 2.08. The van der Waals surface area contributed by atoms with Crippen molar-refractivity contribution in [1.82, 2.24) is 5.32 Å². The van der Waals surface area contributed by atoms with Crippen LogP contribution in [0.1, 0.15) is 12.8 Å². The predicted molar refractivity (Wildman–Crippen MR) is 68.0 cm³/mol. The summed E-state index contributed by atoms with van der Waals surface area (Å²) in [4.78, 5) is 11.3. The second-order valence-electron chi connectivity index (χ2n) is 3.30. The molecular weight excluding hydrogens is 270 g/mol. The number of hydrogen-bond acceptors (Lipinski definition) is 2. The van der Waals surface area contributed by atoms with Crippen molar-refractivity contribution in [3.63, 3.8) is 0 Å². The number of amides is 1. The summed E-state index contributed by atoms with van der Waals surface area (Å²) in [6, 6.07) is 9.50. The molecule has 1 amide bonds. The summed E-state index contributed by atoms with van der Waals surface area (Å²) >= 11 is 3.31. The lowest BCUT2D eigenvalue weighted by atomic mass is 10.3. The van der Waals surface area contributed by atoms with E-state index >= 15 is 0 Å². The van der Waals surface area contributed by atoms with E-state index in [2.05, 4.69) is 21.2 Å². The summed E-state index contributed by atoms with van der Waals surface area (Å²) in [7, 11) is 0. The molecule has 0 heterocycles. The number of carbonyl (C=O) groups excluding carboxylic acids is 1. The number of benzene rings is 1. The molecule has 0 aromatic heterocycles. The number of ether oxygens (including phenoxy) is 1. The second-order valence-corrected chi connectivity index (χ2v) is 4.10. The maximum atomic E-state index is 11.3. The van der Waals surface area contributed by atoms with Crippen molar-refractivity contribution in [3.05, 3.63) is 30.3 Å². The molecule has 0 aliphatic carbocycles. The molecule has 0 radical (unpaired) electrons. The molecular formula is C12H16BrNO2. The van der Waals surface area contributed by atoms with Gasteiger partial charge in [-0.25, -0.2) is 0 Å². The number of nitrogens with one attached hydrogen (secondary N) is 1. The molecule has 4 heteroatoms. The van der Waals surface area contributed by atoms with E-state index in [1.165, 1.54) is 0 Å². The second kappa shape index (κ2) is 8.16. The van der Waals surface area contributed by atoms with Crippen LogP contribution in [0.5, 0.6) is 5.75 Å². The Morgan fingerprint density at radius 3 is 2.75 bits per heavy atom. The molecule has 0 saturated heterocycles. The third kappa shape index (κ3) is 5.75. The van der Waals surface area contributed by atoms with E-state index in [1.54, 1.807) is 0 Å². The summed E-state index contributed by atoms with van der Waals surface area (Å²) in [6.45, 7) is 1.14. The van der Waals surface area contributed by atoms with Crippen LogP contribution in [0.25, 0.3) is 0 Å². The normalized spacial score (nSPS) is 9.81. The van der Waals surface area contributed by atoms with Crippen LogP contribution in [0.4, 0.5) is 0 Å². The summed E-state index contributed by atoms with van der Waals surface area (Å²) in [6.07, 6.45) is 1.35. The smallest absolute Gasteiger partial charge is 0.223 e. The lowest BCUT2D eigenvalue weighted by Crippen LogP contribution is -2.26. The van der Waals surface area contributed by atoms with Gasteiger partial charge < -0.3 is 10.1 Å². The largest absolute Gasteiger partial charge is 0.493 e. The Morgan fingerprint density at radius 2 is 2.06 bits per heavy atom. The molecule has 0 aliphatic rings. The van der Waals surface area contributed by atoms with Crippen LogP contribution in [0, 0.1) is 0 Å². The van der Waals surface area contributed by atoms with Gasteiger partial charge in [0.2, 0.25) is 5.91 Å². The number of para-hydroxylation sites is 1. The third-order valence-electron chi connectivity index (χ3n) is 1.97. The lowest BCUT2D eigenvalue weighted by Gasteiger charge is -2.06. The average molecular weight is 286 g/mol. The van der Waals surface area contributed by atoms with Crippen LogP contribution < -0.4 is 10.1 Å². The Morgan fingerprint density at radius 1 is 1.31 bits per heavy atom. The maximum absolute atomic E-state index is 11.3. The van der Waals surface area contributed by atoms with E-state index in [0.717, 1.165) is 24.0 Å².